The average Bonchev–Trinajstić information content (AvgIpc) is 2.79. The number of ether oxygens (including phenoxy) is 2. The first-order valence-corrected chi connectivity index (χ1v) is 8.71. The fourth-order valence-electron chi connectivity index (χ4n) is 2.81. The van der Waals surface area contributed by atoms with E-state index in [0.29, 0.717) is 11.8 Å². The maximum absolute atomic E-state index is 13.2. The third kappa shape index (κ3) is 3.14. The van der Waals surface area contributed by atoms with Gasteiger partial charge in [-0.25, -0.2) is 0 Å². The zero-order chi connectivity index (χ0) is 17.6. The summed E-state index contributed by atoms with van der Waals surface area (Å²) in [6.07, 6.45) is -3.59. The number of halogens is 3. The Hall–Kier alpha value is -1.62. The van der Waals surface area contributed by atoms with E-state index < -0.39 is 6.29 Å². The highest BCUT2D eigenvalue weighted by Crippen LogP contribution is 2.44. The molecule has 1 aliphatic rings. The van der Waals surface area contributed by atoms with Gasteiger partial charge in [0.25, 0.3) is 0 Å². The first kappa shape index (κ1) is 17.2. The molecule has 0 N–H and O–H groups in total. The minimum absolute atomic E-state index is 0.0639. The molecule has 0 saturated carbocycles. The Balaban J connectivity index is 2.11. The molecule has 24 heavy (non-hydrogen) atoms. The summed E-state index contributed by atoms with van der Waals surface area (Å²) in [4.78, 5) is 0. The molecule has 0 unspecified atom stereocenters. The van der Waals surface area contributed by atoms with Crippen LogP contribution in [-0.4, -0.2) is 6.29 Å². The van der Waals surface area contributed by atoms with Crippen LogP contribution >= 0.6 is 15.9 Å². The molecule has 0 saturated heterocycles. The van der Waals surface area contributed by atoms with E-state index >= 15 is 0 Å². The fraction of sp³-hybridized carbons (Fsp3) is 0.368. The summed E-state index contributed by atoms with van der Waals surface area (Å²) in [6, 6.07) is 9.10. The lowest BCUT2D eigenvalue weighted by Gasteiger charge is -2.18. The topological polar surface area (TPSA) is 18.5 Å². The van der Waals surface area contributed by atoms with Gasteiger partial charge >= 0.3 is 6.29 Å². The summed E-state index contributed by atoms with van der Waals surface area (Å²) >= 11 is 3.71. The van der Waals surface area contributed by atoms with Crippen LogP contribution < -0.4 is 9.47 Å². The molecule has 0 atom stereocenters. The second kappa shape index (κ2) is 6.03. The smallest absolute Gasteiger partial charge is 0.395 e. The molecule has 0 bridgehead atoms. The standard InChI is InChI=1S/C19H19BrF2O2/c1-10(2)14-7-13(8-15(11(3)4)18(14)20)12-5-6-16-17(9-12)24-19(21,22)23-16/h5-11H,1-4H3. The first-order chi connectivity index (χ1) is 11.2. The van der Waals surface area contributed by atoms with Gasteiger partial charge in [-0.3, -0.25) is 0 Å². The van der Waals surface area contributed by atoms with E-state index in [2.05, 4.69) is 65.2 Å². The lowest BCUT2D eigenvalue weighted by atomic mass is 9.91. The van der Waals surface area contributed by atoms with Gasteiger partial charge in [0.2, 0.25) is 0 Å². The number of benzene rings is 2. The van der Waals surface area contributed by atoms with E-state index in [1.54, 1.807) is 12.1 Å². The quantitative estimate of drug-likeness (QED) is 0.575. The number of rotatable bonds is 3. The summed E-state index contributed by atoms with van der Waals surface area (Å²) in [5.41, 5.74) is 4.19. The van der Waals surface area contributed by atoms with Crippen LogP contribution in [0.1, 0.15) is 50.7 Å². The minimum atomic E-state index is -3.59. The Morgan fingerprint density at radius 2 is 1.38 bits per heavy atom. The van der Waals surface area contributed by atoms with Crippen LogP contribution in [0.4, 0.5) is 8.78 Å². The number of hydrogen-bond acceptors (Lipinski definition) is 2. The van der Waals surface area contributed by atoms with E-state index in [4.69, 9.17) is 0 Å². The number of alkyl halides is 2. The molecule has 5 heteroatoms. The Morgan fingerprint density at radius 1 is 0.833 bits per heavy atom. The predicted molar refractivity (Wildman–Crippen MR) is 94.0 cm³/mol. The van der Waals surface area contributed by atoms with Gasteiger partial charge in [-0.15, -0.1) is 8.78 Å². The molecule has 2 nitrogen and oxygen atoms in total. The van der Waals surface area contributed by atoms with E-state index in [1.165, 1.54) is 17.2 Å². The van der Waals surface area contributed by atoms with Gasteiger partial charge in [-0.05, 0) is 58.4 Å². The molecular formula is C19H19BrF2O2. The zero-order valence-electron chi connectivity index (χ0n) is 14.0. The lowest BCUT2D eigenvalue weighted by molar-refractivity contribution is -0.286. The molecule has 1 heterocycles. The van der Waals surface area contributed by atoms with E-state index in [9.17, 15) is 8.78 Å². The molecule has 1 aliphatic heterocycles. The molecule has 0 spiro atoms. The van der Waals surface area contributed by atoms with E-state index in [0.717, 1.165) is 15.6 Å². The summed E-state index contributed by atoms with van der Waals surface area (Å²) in [5.74, 6) is 0.817. The molecular weight excluding hydrogens is 378 g/mol. The van der Waals surface area contributed by atoms with Crippen LogP contribution in [0.2, 0.25) is 0 Å². The second-order valence-electron chi connectivity index (χ2n) is 6.61. The van der Waals surface area contributed by atoms with Crippen molar-refractivity contribution in [3.8, 4) is 22.6 Å². The normalized spacial score (nSPS) is 15.4. The van der Waals surface area contributed by atoms with Crippen molar-refractivity contribution in [3.63, 3.8) is 0 Å². The molecule has 2 aromatic carbocycles. The van der Waals surface area contributed by atoms with Gasteiger partial charge in [0.1, 0.15) is 0 Å². The van der Waals surface area contributed by atoms with E-state index in [1.807, 2.05) is 0 Å². The van der Waals surface area contributed by atoms with Crippen molar-refractivity contribution in [2.24, 2.45) is 0 Å². The van der Waals surface area contributed by atoms with Gasteiger partial charge in [0.05, 0.1) is 0 Å². The van der Waals surface area contributed by atoms with Crippen LogP contribution in [0.5, 0.6) is 11.5 Å². The first-order valence-electron chi connectivity index (χ1n) is 7.91. The van der Waals surface area contributed by atoms with Crippen molar-refractivity contribution in [2.75, 3.05) is 0 Å². The molecule has 0 fully saturated rings. The van der Waals surface area contributed by atoms with Crippen molar-refractivity contribution < 1.29 is 18.3 Å². The van der Waals surface area contributed by atoms with Crippen LogP contribution in [0, 0.1) is 0 Å². The van der Waals surface area contributed by atoms with Gasteiger partial charge in [0.15, 0.2) is 11.5 Å². The Bertz CT molecular complexity index is 756. The molecule has 0 radical (unpaired) electrons. The highest BCUT2D eigenvalue weighted by atomic mass is 79.9. The highest BCUT2D eigenvalue weighted by Gasteiger charge is 2.43. The van der Waals surface area contributed by atoms with Crippen LogP contribution in [0.25, 0.3) is 11.1 Å². The van der Waals surface area contributed by atoms with Crippen LogP contribution in [0.3, 0.4) is 0 Å². The van der Waals surface area contributed by atoms with Crippen molar-refractivity contribution >= 4 is 15.9 Å². The summed E-state index contributed by atoms with van der Waals surface area (Å²) in [7, 11) is 0. The molecule has 2 aromatic rings. The van der Waals surface area contributed by atoms with Crippen molar-refractivity contribution in [1.82, 2.24) is 0 Å². The van der Waals surface area contributed by atoms with Gasteiger partial charge in [-0.1, -0.05) is 49.7 Å². The van der Waals surface area contributed by atoms with Crippen LogP contribution in [0.15, 0.2) is 34.8 Å². The average molecular weight is 397 g/mol. The van der Waals surface area contributed by atoms with Gasteiger partial charge in [-0.2, -0.15) is 0 Å². The molecule has 3 rings (SSSR count). The summed E-state index contributed by atoms with van der Waals surface area (Å²) in [5, 5.41) is 0. The largest absolute Gasteiger partial charge is 0.586 e. The van der Waals surface area contributed by atoms with Crippen molar-refractivity contribution in [2.45, 2.75) is 45.8 Å². The van der Waals surface area contributed by atoms with Crippen molar-refractivity contribution in [1.29, 1.82) is 0 Å². The third-order valence-electron chi connectivity index (χ3n) is 4.11. The lowest BCUT2D eigenvalue weighted by Crippen LogP contribution is -2.25. The van der Waals surface area contributed by atoms with E-state index in [-0.39, 0.29) is 11.5 Å². The van der Waals surface area contributed by atoms with Gasteiger partial charge < -0.3 is 9.47 Å². The Morgan fingerprint density at radius 3 is 1.92 bits per heavy atom. The predicted octanol–water partition coefficient (Wildman–Crippen LogP) is 6.68. The zero-order valence-corrected chi connectivity index (χ0v) is 15.6. The molecule has 0 aliphatic carbocycles. The number of hydrogen-bond donors (Lipinski definition) is 0. The fourth-order valence-corrected chi connectivity index (χ4v) is 3.95. The highest BCUT2D eigenvalue weighted by molar-refractivity contribution is 9.10. The minimum Gasteiger partial charge on any atom is -0.395 e. The Labute approximate surface area is 148 Å². The SMILES string of the molecule is CC(C)c1cc(-c2ccc3c(c2)OC(F)(F)O3)cc(C(C)C)c1Br. The maximum Gasteiger partial charge on any atom is 0.586 e. The maximum atomic E-state index is 13.2. The Kier molecular flexibility index (Phi) is 4.32. The summed E-state index contributed by atoms with van der Waals surface area (Å²) in [6.45, 7) is 8.53. The molecule has 0 amide bonds. The molecule has 128 valence electrons. The third-order valence-corrected chi connectivity index (χ3v) is 5.02. The van der Waals surface area contributed by atoms with Gasteiger partial charge in [0, 0.05) is 4.47 Å². The summed E-state index contributed by atoms with van der Waals surface area (Å²) < 4.78 is 36.6. The number of fused-ring (bicyclic) bond motifs is 1. The van der Waals surface area contributed by atoms with Crippen LogP contribution in [-0.2, 0) is 0 Å². The van der Waals surface area contributed by atoms with Crippen molar-refractivity contribution in [3.05, 3.63) is 45.9 Å². The monoisotopic (exact) mass is 396 g/mol. The molecule has 0 aromatic heterocycles. The second-order valence-corrected chi connectivity index (χ2v) is 7.40.